The Balaban J connectivity index is 1.80. The van der Waals surface area contributed by atoms with Crippen molar-refractivity contribution in [3.63, 3.8) is 0 Å². The molecule has 0 aliphatic carbocycles. The van der Waals surface area contributed by atoms with Gasteiger partial charge in [-0.05, 0) is 44.0 Å². The largest absolute Gasteiger partial charge is 0.328 e. The summed E-state index contributed by atoms with van der Waals surface area (Å²) in [5, 5.41) is 0. The van der Waals surface area contributed by atoms with Gasteiger partial charge in [0.1, 0.15) is 0 Å². The summed E-state index contributed by atoms with van der Waals surface area (Å²) in [6, 6.07) is 23.6. The molecule has 3 aromatic rings. The van der Waals surface area contributed by atoms with Crippen LogP contribution in [0.3, 0.4) is 0 Å². The lowest BCUT2D eigenvalue weighted by atomic mass is 9.82. The Morgan fingerprint density at radius 3 is 1.93 bits per heavy atom. The topological polar surface area (TPSA) is 54.5 Å². The van der Waals surface area contributed by atoms with E-state index in [0.29, 0.717) is 6.54 Å². The first-order chi connectivity index (χ1) is 14.2. The lowest BCUT2D eigenvalue weighted by Gasteiger charge is -2.53. The normalized spacial score (nSPS) is 21.4. The Kier molecular flexibility index (Phi) is 5.02. The molecule has 0 aromatic heterocycles. The van der Waals surface area contributed by atoms with E-state index in [1.807, 2.05) is 68.4 Å². The summed E-state index contributed by atoms with van der Waals surface area (Å²) >= 11 is 0. The van der Waals surface area contributed by atoms with Crippen LogP contribution in [-0.2, 0) is 21.2 Å². The molecule has 2 atom stereocenters. The van der Waals surface area contributed by atoms with Crippen LogP contribution in [0.15, 0.2) is 83.8 Å². The highest BCUT2D eigenvalue weighted by atomic mass is 32.2. The fraction of sp³-hybridized carbons (Fsp3) is 0.240. The minimum absolute atomic E-state index is 0.181. The number of aryl methyl sites for hydroxylation is 2. The molecule has 0 radical (unpaired) electrons. The van der Waals surface area contributed by atoms with Crippen molar-refractivity contribution in [2.45, 2.75) is 43.0 Å². The Bertz CT molecular complexity index is 1170. The van der Waals surface area contributed by atoms with Crippen LogP contribution in [0, 0.1) is 13.8 Å². The van der Waals surface area contributed by atoms with Crippen LogP contribution >= 0.6 is 0 Å². The number of sulfone groups is 1. The van der Waals surface area contributed by atoms with Crippen LogP contribution in [-0.4, -0.2) is 24.0 Å². The third-order valence-corrected chi connectivity index (χ3v) is 8.40. The van der Waals surface area contributed by atoms with Gasteiger partial charge in [0, 0.05) is 6.54 Å². The lowest BCUT2D eigenvalue weighted by Crippen LogP contribution is -2.69. The van der Waals surface area contributed by atoms with Crippen molar-refractivity contribution >= 4 is 15.7 Å². The second-order valence-electron chi connectivity index (χ2n) is 8.16. The van der Waals surface area contributed by atoms with E-state index in [1.165, 1.54) is 0 Å². The van der Waals surface area contributed by atoms with E-state index in [9.17, 15) is 13.2 Å². The van der Waals surface area contributed by atoms with Crippen molar-refractivity contribution in [1.29, 1.82) is 0 Å². The number of amides is 1. The molecular formula is C25H25NO3S. The Labute approximate surface area is 178 Å². The first-order valence-electron chi connectivity index (χ1n) is 9.98. The van der Waals surface area contributed by atoms with Crippen molar-refractivity contribution in [1.82, 2.24) is 4.90 Å². The third-order valence-electron chi connectivity index (χ3n) is 6.00. The van der Waals surface area contributed by atoms with Crippen LogP contribution in [0.1, 0.15) is 35.2 Å². The molecule has 0 bridgehead atoms. The second kappa shape index (κ2) is 7.40. The highest BCUT2D eigenvalue weighted by Crippen LogP contribution is 2.51. The molecule has 30 heavy (non-hydrogen) atoms. The van der Waals surface area contributed by atoms with Gasteiger partial charge in [-0.2, -0.15) is 0 Å². The molecule has 0 N–H and O–H groups in total. The van der Waals surface area contributed by atoms with Gasteiger partial charge in [-0.25, -0.2) is 8.42 Å². The zero-order valence-corrected chi connectivity index (χ0v) is 18.2. The number of rotatable bonds is 5. The van der Waals surface area contributed by atoms with Crippen LogP contribution < -0.4 is 0 Å². The molecule has 3 aromatic carbocycles. The van der Waals surface area contributed by atoms with E-state index in [2.05, 4.69) is 0 Å². The molecule has 1 amide bonds. The van der Waals surface area contributed by atoms with E-state index in [4.69, 9.17) is 0 Å². The molecule has 1 heterocycles. The van der Waals surface area contributed by atoms with Gasteiger partial charge in [0.25, 0.3) is 0 Å². The predicted molar refractivity (Wildman–Crippen MR) is 118 cm³/mol. The van der Waals surface area contributed by atoms with Crippen molar-refractivity contribution in [2.75, 3.05) is 0 Å². The molecule has 5 heteroatoms. The van der Waals surface area contributed by atoms with Crippen LogP contribution in [0.5, 0.6) is 0 Å². The minimum Gasteiger partial charge on any atom is -0.328 e. The van der Waals surface area contributed by atoms with Gasteiger partial charge >= 0.3 is 0 Å². The number of hydrogen-bond acceptors (Lipinski definition) is 3. The average Bonchev–Trinajstić information content (AvgIpc) is 2.75. The maximum absolute atomic E-state index is 13.7. The van der Waals surface area contributed by atoms with Crippen molar-refractivity contribution in [2.24, 2.45) is 0 Å². The summed E-state index contributed by atoms with van der Waals surface area (Å²) in [7, 11) is -3.89. The molecule has 0 saturated carbocycles. The standard InChI is InChI=1S/C25H25NO3S/c1-18-9-13-21(14-10-18)23-25(3,30(28,29)22-15-11-19(2)12-16-22)24(27)26(23)17-20-7-5-4-6-8-20/h4-16,23H,17H2,1-3H3. The van der Waals surface area contributed by atoms with Crippen molar-refractivity contribution in [3.05, 3.63) is 101 Å². The van der Waals surface area contributed by atoms with Crippen LogP contribution in [0.4, 0.5) is 0 Å². The second-order valence-corrected chi connectivity index (χ2v) is 10.5. The smallest absolute Gasteiger partial charge is 0.247 e. The quantitative estimate of drug-likeness (QED) is 0.567. The number of nitrogens with zero attached hydrogens (tertiary/aromatic N) is 1. The number of hydrogen-bond donors (Lipinski definition) is 0. The molecule has 154 valence electrons. The summed E-state index contributed by atoms with van der Waals surface area (Å²) in [5.74, 6) is -0.363. The van der Waals surface area contributed by atoms with E-state index in [0.717, 1.165) is 22.3 Å². The first-order valence-corrected chi connectivity index (χ1v) is 11.5. The van der Waals surface area contributed by atoms with Gasteiger partial charge in [0.15, 0.2) is 14.6 Å². The summed E-state index contributed by atoms with van der Waals surface area (Å²) in [4.78, 5) is 15.2. The lowest BCUT2D eigenvalue weighted by molar-refractivity contribution is -0.153. The third kappa shape index (κ3) is 3.14. The highest BCUT2D eigenvalue weighted by Gasteiger charge is 2.66. The zero-order valence-electron chi connectivity index (χ0n) is 17.4. The molecule has 0 spiro atoms. The summed E-state index contributed by atoms with van der Waals surface area (Å²) < 4.78 is 25.8. The minimum atomic E-state index is -3.89. The van der Waals surface area contributed by atoms with E-state index < -0.39 is 20.6 Å². The van der Waals surface area contributed by atoms with Crippen LogP contribution in [0.2, 0.25) is 0 Å². The SMILES string of the molecule is Cc1ccc(C2N(Cc3ccccc3)C(=O)C2(C)S(=O)(=O)c2ccc(C)cc2)cc1. The number of benzene rings is 3. The fourth-order valence-electron chi connectivity index (χ4n) is 4.16. The maximum Gasteiger partial charge on any atom is 0.247 e. The van der Waals surface area contributed by atoms with Gasteiger partial charge < -0.3 is 4.90 Å². The fourth-order valence-corrected chi connectivity index (χ4v) is 6.05. The van der Waals surface area contributed by atoms with Crippen LogP contribution in [0.25, 0.3) is 0 Å². The number of carbonyl (C=O) groups is 1. The summed E-state index contributed by atoms with van der Waals surface area (Å²) in [6.07, 6.45) is 0. The number of likely N-dealkylation sites (tertiary alicyclic amines) is 1. The highest BCUT2D eigenvalue weighted by molar-refractivity contribution is 7.93. The molecule has 4 nitrogen and oxygen atoms in total. The Hall–Kier alpha value is -2.92. The molecule has 1 aliphatic rings. The van der Waals surface area contributed by atoms with E-state index >= 15 is 0 Å². The zero-order chi connectivity index (χ0) is 21.5. The van der Waals surface area contributed by atoms with Crippen molar-refractivity contribution in [3.8, 4) is 0 Å². The summed E-state index contributed by atoms with van der Waals surface area (Å²) in [6.45, 7) is 5.83. The van der Waals surface area contributed by atoms with Crippen molar-refractivity contribution < 1.29 is 13.2 Å². The molecule has 1 fully saturated rings. The van der Waals surface area contributed by atoms with E-state index in [-0.39, 0.29) is 10.8 Å². The van der Waals surface area contributed by atoms with Gasteiger partial charge in [-0.15, -0.1) is 0 Å². The van der Waals surface area contributed by atoms with Gasteiger partial charge in [-0.1, -0.05) is 77.9 Å². The molecular weight excluding hydrogens is 394 g/mol. The Morgan fingerprint density at radius 1 is 0.833 bits per heavy atom. The predicted octanol–water partition coefficient (Wildman–Crippen LogP) is 4.62. The summed E-state index contributed by atoms with van der Waals surface area (Å²) in [5.41, 5.74) is 3.86. The average molecular weight is 420 g/mol. The van der Waals surface area contributed by atoms with E-state index in [1.54, 1.807) is 36.1 Å². The maximum atomic E-state index is 13.7. The molecule has 2 unspecified atom stereocenters. The Morgan fingerprint density at radius 2 is 1.37 bits per heavy atom. The first kappa shape index (κ1) is 20.4. The molecule has 1 saturated heterocycles. The van der Waals surface area contributed by atoms with Gasteiger partial charge in [0.05, 0.1) is 10.9 Å². The molecule has 4 rings (SSSR count). The van der Waals surface area contributed by atoms with Gasteiger partial charge in [-0.3, -0.25) is 4.79 Å². The molecule has 1 aliphatic heterocycles. The monoisotopic (exact) mass is 419 g/mol. The number of carbonyl (C=O) groups excluding carboxylic acids is 1. The number of β-lactam (4-membered cyclic amide) rings is 1. The van der Waals surface area contributed by atoms with Gasteiger partial charge in [0.2, 0.25) is 5.91 Å².